The zero-order valence-electron chi connectivity index (χ0n) is 23.2. The summed E-state index contributed by atoms with van der Waals surface area (Å²) in [5.74, 6) is 5.36. The van der Waals surface area contributed by atoms with Crippen molar-refractivity contribution in [3.8, 4) is 28.8 Å². The minimum atomic E-state index is -4.58. The summed E-state index contributed by atoms with van der Waals surface area (Å²) in [5, 5.41) is 2.40. The predicted molar refractivity (Wildman–Crippen MR) is 151 cm³/mol. The normalized spacial score (nSPS) is 19.3. The van der Waals surface area contributed by atoms with Crippen molar-refractivity contribution in [1.29, 1.82) is 0 Å². The number of alkyl halides is 3. The molecule has 5 heterocycles. The van der Waals surface area contributed by atoms with Crippen LogP contribution in [0.2, 0.25) is 0 Å². The summed E-state index contributed by atoms with van der Waals surface area (Å²) >= 11 is 0. The van der Waals surface area contributed by atoms with Crippen LogP contribution in [0, 0.1) is 11.8 Å². The molecule has 2 bridgehead atoms. The lowest BCUT2D eigenvalue weighted by molar-refractivity contribution is -0.137. The van der Waals surface area contributed by atoms with Gasteiger partial charge in [0.1, 0.15) is 40.0 Å². The van der Waals surface area contributed by atoms with Gasteiger partial charge in [-0.1, -0.05) is 5.92 Å². The Labute approximate surface area is 244 Å². The number of carbonyl (C=O) groups is 2. The average molecular weight is 590 g/mol. The van der Waals surface area contributed by atoms with Gasteiger partial charge in [-0.3, -0.25) is 14.0 Å². The number of imidazole rings is 1. The number of nitrogens with two attached hydrogens (primary N) is 1. The number of nitrogens with one attached hydrogen (secondary N) is 1. The number of pyridine rings is 1. The smallest absolute Gasteiger partial charge is 0.416 e. The molecule has 3 aromatic heterocycles. The number of nitrogen functional groups attached to an aromatic ring is 1. The lowest BCUT2D eigenvalue weighted by atomic mass is 9.87. The molecule has 2 aliphatic rings. The SMILES string of the molecule is CC#CC(=O)N1C2CCC1(c1nc(-c3ccc(C(=O)Nc4cc(C(F)(F)F)ccn4)cc3OC)c3c(N)nccn13)CC2. The molecule has 0 aliphatic carbocycles. The molecular weight excluding hydrogens is 563 g/mol. The van der Waals surface area contributed by atoms with Crippen molar-refractivity contribution in [1.82, 2.24) is 24.3 Å². The molecule has 2 saturated heterocycles. The van der Waals surface area contributed by atoms with Crippen LogP contribution in [-0.2, 0) is 16.5 Å². The van der Waals surface area contributed by atoms with Gasteiger partial charge in [0, 0.05) is 35.8 Å². The van der Waals surface area contributed by atoms with Gasteiger partial charge in [-0.05, 0) is 68.9 Å². The first-order valence-corrected chi connectivity index (χ1v) is 13.5. The van der Waals surface area contributed by atoms with Crippen molar-refractivity contribution in [3.63, 3.8) is 0 Å². The van der Waals surface area contributed by atoms with Gasteiger partial charge >= 0.3 is 6.18 Å². The van der Waals surface area contributed by atoms with Gasteiger partial charge in [-0.15, -0.1) is 0 Å². The minimum Gasteiger partial charge on any atom is -0.496 e. The summed E-state index contributed by atoms with van der Waals surface area (Å²) in [5.41, 5.74) is 6.36. The molecule has 6 rings (SSSR count). The van der Waals surface area contributed by atoms with Crippen molar-refractivity contribution in [3.05, 3.63) is 65.9 Å². The van der Waals surface area contributed by atoms with Gasteiger partial charge in [0.05, 0.1) is 12.7 Å². The van der Waals surface area contributed by atoms with Crippen molar-refractivity contribution < 1.29 is 27.5 Å². The Morgan fingerprint density at radius 3 is 2.60 bits per heavy atom. The van der Waals surface area contributed by atoms with E-state index >= 15 is 0 Å². The van der Waals surface area contributed by atoms with Crippen LogP contribution in [0.4, 0.5) is 24.8 Å². The quantitative estimate of drug-likeness (QED) is 0.324. The summed E-state index contributed by atoms with van der Waals surface area (Å²) in [4.78, 5) is 41.1. The molecule has 3 N–H and O–H groups in total. The zero-order chi connectivity index (χ0) is 30.5. The summed E-state index contributed by atoms with van der Waals surface area (Å²) in [6, 6.07) is 6.24. The van der Waals surface area contributed by atoms with Gasteiger partial charge in [0.25, 0.3) is 11.8 Å². The number of fused-ring (bicyclic) bond motifs is 3. The second-order valence-electron chi connectivity index (χ2n) is 10.4. The number of aromatic nitrogens is 4. The molecule has 43 heavy (non-hydrogen) atoms. The molecule has 0 radical (unpaired) electrons. The van der Waals surface area contributed by atoms with Gasteiger partial charge < -0.3 is 20.7 Å². The maximum absolute atomic E-state index is 13.1. The largest absolute Gasteiger partial charge is 0.496 e. The second kappa shape index (κ2) is 10.3. The Morgan fingerprint density at radius 2 is 1.91 bits per heavy atom. The fourth-order valence-corrected chi connectivity index (χ4v) is 6.26. The van der Waals surface area contributed by atoms with Crippen molar-refractivity contribution in [2.45, 2.75) is 50.4 Å². The number of halogens is 3. The topological polar surface area (TPSA) is 128 Å². The number of hydrogen-bond acceptors (Lipinski definition) is 7. The number of nitrogens with zero attached hydrogens (tertiary/aromatic N) is 5. The van der Waals surface area contributed by atoms with E-state index in [-0.39, 0.29) is 34.9 Å². The van der Waals surface area contributed by atoms with E-state index in [0.29, 0.717) is 22.6 Å². The van der Waals surface area contributed by atoms with Crippen LogP contribution < -0.4 is 15.8 Å². The molecule has 2 fully saturated rings. The Balaban J connectivity index is 1.41. The maximum atomic E-state index is 13.1. The predicted octanol–water partition coefficient (Wildman–Crippen LogP) is 4.66. The van der Waals surface area contributed by atoms with E-state index in [1.165, 1.54) is 19.2 Å². The van der Waals surface area contributed by atoms with E-state index in [1.54, 1.807) is 25.4 Å². The fraction of sp³-hybridized carbons (Fsp3) is 0.300. The minimum absolute atomic E-state index is 0.0713. The molecule has 0 saturated carbocycles. The van der Waals surface area contributed by atoms with Crippen molar-refractivity contribution >= 4 is 29.0 Å². The molecule has 2 amide bonds. The highest BCUT2D eigenvalue weighted by atomic mass is 19.4. The van der Waals surface area contributed by atoms with Crippen LogP contribution in [0.15, 0.2) is 48.9 Å². The van der Waals surface area contributed by atoms with Crippen LogP contribution in [0.3, 0.4) is 0 Å². The maximum Gasteiger partial charge on any atom is 0.416 e. The molecule has 0 spiro atoms. The second-order valence-corrected chi connectivity index (χ2v) is 10.4. The third-order valence-corrected chi connectivity index (χ3v) is 8.11. The van der Waals surface area contributed by atoms with Crippen LogP contribution in [0.5, 0.6) is 5.75 Å². The highest BCUT2D eigenvalue weighted by Gasteiger charge is 2.57. The van der Waals surface area contributed by atoms with E-state index < -0.39 is 23.2 Å². The molecular formula is C30H26F3N7O3. The number of amides is 2. The number of hydrogen-bond donors (Lipinski definition) is 2. The van der Waals surface area contributed by atoms with Crippen LogP contribution in [-0.4, -0.2) is 49.2 Å². The Hall–Kier alpha value is -5.12. The number of carbonyl (C=O) groups excluding carboxylic acids is 2. The highest BCUT2D eigenvalue weighted by molar-refractivity contribution is 6.05. The summed E-state index contributed by atoms with van der Waals surface area (Å²) in [6.45, 7) is 1.63. The molecule has 10 nitrogen and oxygen atoms in total. The Bertz CT molecular complexity index is 1830. The lowest BCUT2D eigenvalue weighted by Gasteiger charge is -2.32. The van der Waals surface area contributed by atoms with Gasteiger partial charge in [-0.2, -0.15) is 13.2 Å². The molecule has 220 valence electrons. The third-order valence-electron chi connectivity index (χ3n) is 8.11. The van der Waals surface area contributed by atoms with Gasteiger partial charge in [0.2, 0.25) is 0 Å². The number of benzene rings is 1. The summed E-state index contributed by atoms with van der Waals surface area (Å²) in [7, 11) is 1.43. The van der Waals surface area contributed by atoms with Gasteiger partial charge in [-0.25, -0.2) is 15.0 Å². The number of rotatable bonds is 5. The summed E-state index contributed by atoms with van der Waals surface area (Å²) in [6.07, 6.45) is 2.81. The third kappa shape index (κ3) is 4.59. The molecule has 13 heteroatoms. The zero-order valence-corrected chi connectivity index (χ0v) is 23.2. The van der Waals surface area contributed by atoms with Crippen molar-refractivity contribution in [2.24, 2.45) is 0 Å². The van der Waals surface area contributed by atoms with Crippen LogP contribution in [0.1, 0.15) is 54.4 Å². The Kier molecular flexibility index (Phi) is 6.71. The van der Waals surface area contributed by atoms with Crippen molar-refractivity contribution in [2.75, 3.05) is 18.2 Å². The van der Waals surface area contributed by atoms with E-state index in [9.17, 15) is 22.8 Å². The monoisotopic (exact) mass is 589 g/mol. The average Bonchev–Trinajstić information content (AvgIpc) is 3.67. The lowest BCUT2D eigenvalue weighted by Crippen LogP contribution is -2.43. The van der Waals surface area contributed by atoms with E-state index in [2.05, 4.69) is 27.1 Å². The van der Waals surface area contributed by atoms with Crippen LogP contribution in [0.25, 0.3) is 16.8 Å². The van der Waals surface area contributed by atoms with E-state index in [4.69, 9.17) is 15.5 Å². The Morgan fingerprint density at radius 1 is 1.14 bits per heavy atom. The molecule has 4 aromatic rings. The number of ether oxygens (including phenoxy) is 1. The first-order chi connectivity index (χ1) is 20.6. The fourth-order valence-electron chi connectivity index (χ4n) is 6.26. The standard InChI is InChI=1S/C30H26F3N7O3/c1-3-4-23(41)40-19-7-10-29(40,11-8-19)28-38-24(25-26(34)36-13-14-39(25)28)20-6-5-17(15-21(20)43-2)27(42)37-22-16-18(9-12-35-22)30(31,32)33/h5-6,9,12-16,19H,7-8,10-11H2,1-2H3,(H2,34,36)(H,35,37,42). The summed E-state index contributed by atoms with van der Waals surface area (Å²) < 4.78 is 46.8. The highest BCUT2D eigenvalue weighted by Crippen LogP contribution is 2.53. The number of methoxy groups -OCH3 is 1. The van der Waals surface area contributed by atoms with Gasteiger partial charge in [0.15, 0.2) is 0 Å². The number of anilines is 2. The van der Waals surface area contributed by atoms with Crippen LogP contribution >= 0.6 is 0 Å². The molecule has 2 aliphatic heterocycles. The van der Waals surface area contributed by atoms with E-state index in [0.717, 1.165) is 44.0 Å². The molecule has 1 aromatic carbocycles. The first kappa shape index (κ1) is 28.0. The molecule has 0 unspecified atom stereocenters. The molecule has 0 atom stereocenters. The first-order valence-electron chi connectivity index (χ1n) is 13.5. The van der Waals surface area contributed by atoms with E-state index in [1.807, 2.05) is 9.30 Å².